The second kappa shape index (κ2) is 8.27. The van der Waals surface area contributed by atoms with Gasteiger partial charge in [0.15, 0.2) is 0 Å². The molecule has 1 N–H and O–H groups in total. The number of rotatable bonds is 5. The Hall–Kier alpha value is -1.79. The summed E-state index contributed by atoms with van der Waals surface area (Å²) in [6, 6.07) is 10.5. The number of nitrogens with zero attached hydrogens (tertiary/aromatic N) is 3. The molecule has 0 spiro atoms. The predicted molar refractivity (Wildman–Crippen MR) is 109 cm³/mol. The van der Waals surface area contributed by atoms with Crippen molar-refractivity contribution in [3.63, 3.8) is 0 Å². The van der Waals surface area contributed by atoms with E-state index >= 15 is 0 Å². The van der Waals surface area contributed by atoms with Crippen molar-refractivity contribution in [1.29, 1.82) is 0 Å². The molecule has 5 nitrogen and oxygen atoms in total. The molecule has 0 saturated carbocycles. The fourth-order valence-corrected chi connectivity index (χ4v) is 4.56. The zero-order valence-corrected chi connectivity index (χ0v) is 16.8. The molecular weight excluding hydrogens is 344 g/mol. The Morgan fingerprint density at radius 2 is 2.00 bits per heavy atom. The second-order valence-corrected chi connectivity index (χ2v) is 8.43. The second-order valence-electron chi connectivity index (χ2n) is 6.94. The average molecular weight is 373 g/mol. The smallest absolute Gasteiger partial charge is 0.225 e. The number of hydrogen-bond acceptors (Lipinski definition) is 4. The van der Waals surface area contributed by atoms with E-state index in [-0.39, 0.29) is 5.91 Å². The lowest BCUT2D eigenvalue weighted by molar-refractivity contribution is -0.116. The van der Waals surface area contributed by atoms with Gasteiger partial charge in [0.2, 0.25) is 5.91 Å². The van der Waals surface area contributed by atoms with Gasteiger partial charge in [-0.25, -0.2) is 4.68 Å². The van der Waals surface area contributed by atoms with Crippen molar-refractivity contribution in [2.75, 3.05) is 24.2 Å². The maximum atomic E-state index is 12.5. The summed E-state index contributed by atoms with van der Waals surface area (Å²) in [5.74, 6) is 1.21. The number of anilines is 1. The van der Waals surface area contributed by atoms with Crippen molar-refractivity contribution in [2.24, 2.45) is 0 Å². The number of benzene rings is 1. The predicted octanol–water partition coefficient (Wildman–Crippen LogP) is 3.64. The molecule has 0 aliphatic carbocycles. The van der Waals surface area contributed by atoms with Crippen LogP contribution in [0, 0.1) is 13.8 Å². The fourth-order valence-electron chi connectivity index (χ4n) is 3.40. The van der Waals surface area contributed by atoms with E-state index in [1.807, 2.05) is 60.6 Å². The van der Waals surface area contributed by atoms with Gasteiger partial charge in [-0.1, -0.05) is 25.1 Å². The van der Waals surface area contributed by atoms with Crippen LogP contribution in [0.15, 0.2) is 30.3 Å². The first kappa shape index (κ1) is 19.0. The topological polar surface area (TPSA) is 50.2 Å². The minimum absolute atomic E-state index is 0.0573. The van der Waals surface area contributed by atoms with E-state index in [1.165, 1.54) is 0 Å². The van der Waals surface area contributed by atoms with Gasteiger partial charge in [-0.15, -0.1) is 0 Å². The molecule has 1 amide bonds. The number of hydrogen-bond donors (Lipinski definition) is 1. The van der Waals surface area contributed by atoms with Crippen LogP contribution in [0.4, 0.5) is 5.69 Å². The van der Waals surface area contributed by atoms with Crippen LogP contribution in [0.2, 0.25) is 0 Å². The van der Waals surface area contributed by atoms with Gasteiger partial charge in [0, 0.05) is 36.6 Å². The largest absolute Gasteiger partial charge is 0.323 e. The molecule has 1 aliphatic rings. The zero-order valence-electron chi connectivity index (χ0n) is 16.0. The lowest BCUT2D eigenvalue weighted by atomic mass is 10.2. The fraction of sp³-hybridized carbons (Fsp3) is 0.500. The van der Waals surface area contributed by atoms with E-state index in [1.54, 1.807) is 0 Å². The van der Waals surface area contributed by atoms with Crippen LogP contribution < -0.4 is 5.32 Å². The number of nitrogens with one attached hydrogen (secondary N) is 1. The summed E-state index contributed by atoms with van der Waals surface area (Å²) in [5.41, 5.74) is 3.63. The van der Waals surface area contributed by atoms with Crippen molar-refractivity contribution < 1.29 is 4.79 Å². The van der Waals surface area contributed by atoms with Crippen LogP contribution in [-0.2, 0) is 4.79 Å². The van der Waals surface area contributed by atoms with Crippen LogP contribution in [0.3, 0.4) is 0 Å². The summed E-state index contributed by atoms with van der Waals surface area (Å²) < 4.78 is 1.89. The molecule has 2 heterocycles. The average Bonchev–Trinajstić information content (AvgIpc) is 2.92. The SMILES string of the molecule is Cc1nn(-c2ccccc2)c(C)c1NC(=O)CCN1CCSC(C)C1C. The molecule has 1 fully saturated rings. The Balaban J connectivity index is 1.64. The van der Waals surface area contributed by atoms with Gasteiger partial charge in [0.1, 0.15) is 0 Å². The highest BCUT2D eigenvalue weighted by Gasteiger charge is 2.25. The third-order valence-corrected chi connectivity index (χ3v) is 6.54. The molecule has 6 heteroatoms. The molecule has 1 aromatic carbocycles. The van der Waals surface area contributed by atoms with Crippen molar-refractivity contribution >= 4 is 23.4 Å². The lowest BCUT2D eigenvalue weighted by Gasteiger charge is -2.37. The zero-order chi connectivity index (χ0) is 18.7. The highest BCUT2D eigenvalue weighted by molar-refractivity contribution is 8.00. The minimum Gasteiger partial charge on any atom is -0.323 e. The van der Waals surface area contributed by atoms with Gasteiger partial charge < -0.3 is 5.32 Å². The first-order chi connectivity index (χ1) is 12.5. The van der Waals surface area contributed by atoms with Crippen molar-refractivity contribution in [3.8, 4) is 5.69 Å². The molecule has 2 aromatic rings. The van der Waals surface area contributed by atoms with Crippen LogP contribution >= 0.6 is 11.8 Å². The summed E-state index contributed by atoms with van der Waals surface area (Å²) in [6.07, 6.45) is 0.511. The number of carbonyl (C=O) groups is 1. The van der Waals surface area contributed by atoms with E-state index in [9.17, 15) is 4.79 Å². The van der Waals surface area contributed by atoms with Gasteiger partial charge in [0.05, 0.1) is 22.8 Å². The molecule has 3 rings (SSSR count). The monoisotopic (exact) mass is 372 g/mol. The van der Waals surface area contributed by atoms with Gasteiger partial charge in [-0.05, 0) is 32.9 Å². The number of para-hydroxylation sites is 1. The van der Waals surface area contributed by atoms with Crippen molar-refractivity contribution in [2.45, 2.75) is 45.4 Å². The molecule has 26 heavy (non-hydrogen) atoms. The highest BCUT2D eigenvalue weighted by Crippen LogP contribution is 2.25. The van der Waals surface area contributed by atoms with E-state index in [0.717, 1.165) is 41.6 Å². The summed E-state index contributed by atoms with van der Waals surface area (Å²) >= 11 is 2.02. The molecule has 1 aliphatic heterocycles. The Morgan fingerprint density at radius 3 is 2.73 bits per heavy atom. The van der Waals surface area contributed by atoms with Crippen LogP contribution in [0.25, 0.3) is 5.69 Å². The van der Waals surface area contributed by atoms with Crippen molar-refractivity contribution in [1.82, 2.24) is 14.7 Å². The maximum Gasteiger partial charge on any atom is 0.225 e. The highest BCUT2D eigenvalue weighted by atomic mass is 32.2. The van der Waals surface area contributed by atoms with Crippen LogP contribution in [0.5, 0.6) is 0 Å². The molecule has 0 bridgehead atoms. The van der Waals surface area contributed by atoms with E-state index in [2.05, 4.69) is 29.2 Å². The van der Waals surface area contributed by atoms with Gasteiger partial charge in [-0.2, -0.15) is 16.9 Å². The van der Waals surface area contributed by atoms with Crippen molar-refractivity contribution in [3.05, 3.63) is 41.7 Å². The first-order valence-electron chi connectivity index (χ1n) is 9.24. The van der Waals surface area contributed by atoms with Crippen LogP contribution in [0.1, 0.15) is 31.7 Å². The molecule has 2 atom stereocenters. The third kappa shape index (κ3) is 4.13. The van der Waals surface area contributed by atoms with E-state index in [4.69, 9.17) is 0 Å². The third-order valence-electron chi connectivity index (χ3n) is 5.20. The first-order valence-corrected chi connectivity index (χ1v) is 10.3. The molecule has 1 aromatic heterocycles. The van der Waals surface area contributed by atoms with Gasteiger partial charge in [0.25, 0.3) is 0 Å². The quantitative estimate of drug-likeness (QED) is 0.870. The maximum absolute atomic E-state index is 12.5. The van der Waals surface area contributed by atoms with Gasteiger partial charge >= 0.3 is 0 Å². The molecule has 2 unspecified atom stereocenters. The Labute approximate surface area is 160 Å². The number of aromatic nitrogens is 2. The molecular formula is C20H28N4OS. The molecule has 1 saturated heterocycles. The number of thioether (sulfide) groups is 1. The van der Waals surface area contributed by atoms with Gasteiger partial charge in [-0.3, -0.25) is 9.69 Å². The Morgan fingerprint density at radius 1 is 1.27 bits per heavy atom. The number of carbonyl (C=O) groups excluding carboxylic acids is 1. The van der Waals surface area contributed by atoms with E-state index in [0.29, 0.717) is 17.7 Å². The summed E-state index contributed by atoms with van der Waals surface area (Å²) in [5, 5.41) is 8.30. The summed E-state index contributed by atoms with van der Waals surface area (Å²) in [6.45, 7) is 10.3. The number of aryl methyl sites for hydroxylation is 1. The molecule has 0 radical (unpaired) electrons. The summed E-state index contributed by atoms with van der Waals surface area (Å²) in [4.78, 5) is 14.9. The van der Waals surface area contributed by atoms with Crippen LogP contribution in [-0.4, -0.2) is 50.7 Å². The standard InChI is InChI=1S/C20H28N4OS/c1-14-20(16(3)24(22-14)18-8-6-5-7-9-18)21-19(25)10-11-23-12-13-26-17(4)15(23)2/h5-9,15,17H,10-13H2,1-4H3,(H,21,25). The lowest BCUT2D eigenvalue weighted by Crippen LogP contribution is -2.45. The Kier molecular flexibility index (Phi) is 6.04. The number of amides is 1. The summed E-state index contributed by atoms with van der Waals surface area (Å²) in [7, 11) is 0. The Bertz CT molecular complexity index is 759. The minimum atomic E-state index is 0.0573. The molecule has 140 valence electrons. The normalized spacial score (nSPS) is 20.9. The van der Waals surface area contributed by atoms with E-state index < -0.39 is 0 Å².